The molecule has 0 saturated heterocycles. The standard InChI is InChI=1S/C42H32BN3.Pt/c1-27-21-29(3)41(44-25-27)32-13-9-14-34(23-32)43-36-16-7-8-17-39(36)46(38-18-10-12-31-11-5-6-15-35(31)38)40-20-19-33(24-37(40)43)42-30(4)22-28(2)26-45-42;/h5-22,25-26H,1-4H3;/q-2;+2. The first-order chi connectivity index (χ1) is 22.5. The van der Waals surface area contributed by atoms with Gasteiger partial charge in [0.2, 0.25) is 6.71 Å². The fraction of sp³-hybridized carbons (Fsp3) is 0.0952. The molecule has 0 spiro atoms. The Kier molecular flexibility index (Phi) is 8.16. The average Bonchev–Trinajstić information content (AvgIpc) is 3.07. The second kappa shape index (κ2) is 12.4. The third-order valence-corrected chi connectivity index (χ3v) is 9.05. The van der Waals surface area contributed by atoms with Gasteiger partial charge in [-0.05, 0) is 78.9 Å². The van der Waals surface area contributed by atoms with E-state index in [1.54, 1.807) is 0 Å². The quantitative estimate of drug-likeness (QED) is 0.134. The number of rotatable bonds is 4. The number of benzene rings is 5. The van der Waals surface area contributed by atoms with Gasteiger partial charge >= 0.3 is 21.1 Å². The molecule has 3 nitrogen and oxygen atoms in total. The fourth-order valence-electron chi connectivity index (χ4n) is 7.05. The van der Waals surface area contributed by atoms with Crippen molar-refractivity contribution in [1.29, 1.82) is 0 Å². The van der Waals surface area contributed by atoms with Gasteiger partial charge in [0.1, 0.15) is 0 Å². The molecule has 0 saturated carbocycles. The van der Waals surface area contributed by atoms with Crippen LogP contribution in [0.3, 0.4) is 0 Å². The molecule has 0 N–H and O–H groups in total. The molecule has 0 atom stereocenters. The molecule has 0 unspecified atom stereocenters. The van der Waals surface area contributed by atoms with Gasteiger partial charge in [0, 0.05) is 29.2 Å². The molecule has 5 heteroatoms. The Bertz CT molecular complexity index is 2290. The summed E-state index contributed by atoms with van der Waals surface area (Å²) in [6.45, 7) is 8.34. The van der Waals surface area contributed by atoms with Gasteiger partial charge in [-0.1, -0.05) is 77.9 Å². The molecule has 228 valence electrons. The number of hydrogen-bond donors (Lipinski definition) is 0. The number of para-hydroxylation sites is 1. The predicted octanol–water partition coefficient (Wildman–Crippen LogP) is 8.09. The van der Waals surface area contributed by atoms with Gasteiger partial charge in [0.05, 0.1) is 0 Å². The van der Waals surface area contributed by atoms with Crippen LogP contribution in [0, 0.1) is 39.8 Å². The minimum absolute atomic E-state index is 0. The van der Waals surface area contributed by atoms with E-state index in [1.165, 1.54) is 16.2 Å². The van der Waals surface area contributed by atoms with Crippen molar-refractivity contribution in [2.45, 2.75) is 27.7 Å². The molecule has 0 bridgehead atoms. The minimum atomic E-state index is -0.0890. The number of aromatic nitrogens is 2. The number of pyridine rings is 2. The summed E-state index contributed by atoms with van der Waals surface area (Å²) in [5.74, 6) is 0. The zero-order valence-corrected chi connectivity index (χ0v) is 29.1. The molecule has 0 radical (unpaired) electrons. The van der Waals surface area contributed by atoms with Gasteiger partial charge in [-0.15, -0.1) is 59.1 Å². The second-order valence-electron chi connectivity index (χ2n) is 12.4. The first-order valence-corrected chi connectivity index (χ1v) is 15.8. The second-order valence-corrected chi connectivity index (χ2v) is 12.4. The van der Waals surface area contributed by atoms with Crippen molar-refractivity contribution >= 4 is 50.9 Å². The third-order valence-electron chi connectivity index (χ3n) is 9.05. The first-order valence-electron chi connectivity index (χ1n) is 15.8. The zero-order chi connectivity index (χ0) is 31.4. The topological polar surface area (TPSA) is 29.0 Å². The fourth-order valence-corrected chi connectivity index (χ4v) is 7.05. The van der Waals surface area contributed by atoms with Gasteiger partial charge in [-0.2, -0.15) is 5.46 Å². The monoisotopic (exact) mass is 784 g/mol. The molecule has 3 heterocycles. The van der Waals surface area contributed by atoms with Crippen molar-refractivity contribution in [2.24, 2.45) is 0 Å². The maximum absolute atomic E-state index is 4.87. The molecule has 7 aromatic rings. The van der Waals surface area contributed by atoms with E-state index in [1.807, 2.05) is 12.4 Å². The van der Waals surface area contributed by atoms with E-state index in [2.05, 4.69) is 154 Å². The summed E-state index contributed by atoms with van der Waals surface area (Å²) in [6, 6.07) is 46.9. The van der Waals surface area contributed by atoms with Crippen molar-refractivity contribution in [3.8, 4) is 22.5 Å². The van der Waals surface area contributed by atoms with Crippen LogP contribution < -0.4 is 21.3 Å². The third kappa shape index (κ3) is 5.41. The number of nitrogens with zero attached hydrogens (tertiary/aromatic N) is 3. The van der Waals surface area contributed by atoms with Crippen LogP contribution in [0.5, 0.6) is 0 Å². The Hall–Kier alpha value is -4.79. The van der Waals surface area contributed by atoms with E-state index in [0.29, 0.717) is 0 Å². The molecule has 0 fully saturated rings. The molecular weight excluding hydrogens is 752 g/mol. The van der Waals surface area contributed by atoms with E-state index >= 15 is 0 Å². The summed E-state index contributed by atoms with van der Waals surface area (Å²) in [5.41, 5.74) is 15.3. The summed E-state index contributed by atoms with van der Waals surface area (Å²) >= 11 is 0. The van der Waals surface area contributed by atoms with Gasteiger partial charge in [0.25, 0.3) is 0 Å². The molecule has 8 rings (SSSR count). The smallest absolute Gasteiger partial charge is 0.352 e. The Morgan fingerprint density at radius 1 is 0.574 bits per heavy atom. The Balaban J connectivity index is 0.00000351. The van der Waals surface area contributed by atoms with Gasteiger partial charge in [-0.3, -0.25) is 0 Å². The molecular formula is C42H32BN3Pt. The van der Waals surface area contributed by atoms with Crippen LogP contribution in [0.2, 0.25) is 0 Å². The van der Waals surface area contributed by atoms with E-state index < -0.39 is 0 Å². The van der Waals surface area contributed by atoms with Crippen molar-refractivity contribution in [3.05, 3.63) is 156 Å². The van der Waals surface area contributed by atoms with Crippen molar-refractivity contribution in [1.82, 2.24) is 9.97 Å². The molecule has 5 aromatic carbocycles. The molecule has 47 heavy (non-hydrogen) atoms. The largest absolute Gasteiger partial charge is 2.00 e. The van der Waals surface area contributed by atoms with Gasteiger partial charge in [-0.25, -0.2) is 0 Å². The van der Waals surface area contributed by atoms with Crippen molar-refractivity contribution in [3.63, 3.8) is 0 Å². The zero-order valence-electron chi connectivity index (χ0n) is 26.8. The Morgan fingerprint density at radius 2 is 1.19 bits per heavy atom. The van der Waals surface area contributed by atoms with Crippen LogP contribution in [0.4, 0.5) is 17.1 Å². The summed E-state index contributed by atoms with van der Waals surface area (Å²) in [5, 5.41) is 2.42. The summed E-state index contributed by atoms with van der Waals surface area (Å²) in [7, 11) is 0. The summed E-state index contributed by atoms with van der Waals surface area (Å²) < 4.78 is 0. The first kappa shape index (κ1) is 30.8. The normalized spacial score (nSPS) is 12.0. The van der Waals surface area contributed by atoms with E-state index in [-0.39, 0.29) is 27.8 Å². The van der Waals surface area contributed by atoms with Crippen LogP contribution in [0.1, 0.15) is 22.3 Å². The van der Waals surface area contributed by atoms with Crippen LogP contribution in [-0.4, -0.2) is 16.7 Å². The molecule has 0 amide bonds. The Labute approximate surface area is 291 Å². The predicted molar refractivity (Wildman–Crippen MR) is 193 cm³/mol. The minimum Gasteiger partial charge on any atom is -0.352 e. The Morgan fingerprint density at radius 3 is 1.94 bits per heavy atom. The molecule has 2 aromatic heterocycles. The maximum Gasteiger partial charge on any atom is 2.00 e. The summed E-state index contributed by atoms with van der Waals surface area (Å²) in [6.07, 6.45) is 3.88. The summed E-state index contributed by atoms with van der Waals surface area (Å²) in [4.78, 5) is 12.1. The van der Waals surface area contributed by atoms with Crippen LogP contribution >= 0.6 is 0 Å². The van der Waals surface area contributed by atoms with Gasteiger partial charge in [0.15, 0.2) is 0 Å². The number of aryl methyl sites for hydroxylation is 4. The van der Waals surface area contributed by atoms with E-state index in [4.69, 9.17) is 9.97 Å². The maximum atomic E-state index is 4.87. The van der Waals surface area contributed by atoms with Crippen LogP contribution in [0.25, 0.3) is 33.3 Å². The van der Waals surface area contributed by atoms with E-state index in [9.17, 15) is 0 Å². The van der Waals surface area contributed by atoms with Crippen LogP contribution in [0.15, 0.2) is 122 Å². The van der Waals surface area contributed by atoms with E-state index in [0.717, 1.165) is 72.8 Å². The molecule has 1 aliphatic heterocycles. The average molecular weight is 785 g/mol. The molecule has 1 aliphatic rings. The number of anilines is 3. The SMILES string of the molecule is Cc1cnc(-c2[c-]c(B3c4[c-]c(-c5ncc(C)cc5C)ccc4N(c4cccc5ccccc45)c4ccccc43)ccc2)c(C)c1.[Pt+2]. The van der Waals surface area contributed by atoms with Crippen molar-refractivity contribution < 1.29 is 21.1 Å². The van der Waals surface area contributed by atoms with Gasteiger partial charge < -0.3 is 14.9 Å². The van der Waals surface area contributed by atoms with Crippen molar-refractivity contribution in [2.75, 3.05) is 4.90 Å². The van der Waals surface area contributed by atoms with Crippen LogP contribution in [-0.2, 0) is 21.1 Å². The molecule has 0 aliphatic carbocycles. The number of hydrogen-bond acceptors (Lipinski definition) is 3. The number of fused-ring (bicyclic) bond motifs is 3.